The van der Waals surface area contributed by atoms with E-state index < -0.39 is 0 Å². The summed E-state index contributed by atoms with van der Waals surface area (Å²) in [5.41, 5.74) is 1.65. The molecule has 5 heteroatoms. The van der Waals surface area contributed by atoms with Crippen molar-refractivity contribution in [2.24, 2.45) is 0 Å². The molecular formula is C19H19N3O2. The van der Waals surface area contributed by atoms with Gasteiger partial charge in [0, 0.05) is 11.7 Å². The number of anilines is 1. The van der Waals surface area contributed by atoms with Gasteiger partial charge < -0.3 is 9.64 Å². The molecule has 3 rings (SSSR count). The van der Waals surface area contributed by atoms with Crippen molar-refractivity contribution in [2.75, 3.05) is 11.5 Å². The molecule has 0 fully saturated rings. The molecule has 0 aliphatic rings. The molecule has 0 saturated heterocycles. The fourth-order valence-electron chi connectivity index (χ4n) is 2.61. The van der Waals surface area contributed by atoms with E-state index in [0.29, 0.717) is 5.88 Å². The highest BCUT2D eigenvalue weighted by atomic mass is 16.5. The number of hydrogen-bond acceptors (Lipinski definition) is 4. The highest BCUT2D eigenvalue weighted by Crippen LogP contribution is 2.21. The molecule has 24 heavy (non-hydrogen) atoms. The van der Waals surface area contributed by atoms with Crippen molar-refractivity contribution in [1.82, 2.24) is 9.97 Å². The number of amides is 1. The summed E-state index contributed by atoms with van der Waals surface area (Å²) in [6.07, 6.45) is 1.44. The third kappa shape index (κ3) is 3.35. The van der Waals surface area contributed by atoms with Crippen LogP contribution >= 0.6 is 0 Å². The Hall–Kier alpha value is -2.95. The lowest BCUT2D eigenvalue weighted by Gasteiger charge is -2.26. The maximum atomic E-state index is 12.7. The van der Waals surface area contributed by atoms with Crippen LogP contribution in [0.4, 0.5) is 5.69 Å². The largest absolute Gasteiger partial charge is 0.467 e. The standard InChI is InChI=1S/C19H19N3O2/c1-14(2)22(15-8-4-3-5-9-15)18(23)12-24-19-16-10-6-7-11-17(16)20-13-21-19/h3-11,13-14H,12H2,1-2H3. The number of carbonyl (C=O) groups is 1. The van der Waals surface area contributed by atoms with Gasteiger partial charge in [-0.2, -0.15) is 0 Å². The Morgan fingerprint density at radius 3 is 2.50 bits per heavy atom. The number of aromatic nitrogens is 2. The lowest BCUT2D eigenvalue weighted by molar-refractivity contribution is -0.121. The average molecular weight is 321 g/mol. The monoisotopic (exact) mass is 321 g/mol. The summed E-state index contributed by atoms with van der Waals surface area (Å²) in [4.78, 5) is 22.7. The van der Waals surface area contributed by atoms with E-state index in [2.05, 4.69) is 9.97 Å². The molecule has 0 unspecified atom stereocenters. The SMILES string of the molecule is CC(C)N(C(=O)COc1ncnc2ccccc12)c1ccccc1. The fraction of sp³-hybridized carbons (Fsp3) is 0.211. The zero-order valence-electron chi connectivity index (χ0n) is 13.7. The van der Waals surface area contributed by atoms with Crippen molar-refractivity contribution in [1.29, 1.82) is 0 Å². The van der Waals surface area contributed by atoms with E-state index >= 15 is 0 Å². The third-order valence-electron chi connectivity index (χ3n) is 3.66. The first-order valence-corrected chi connectivity index (χ1v) is 7.86. The van der Waals surface area contributed by atoms with Crippen molar-refractivity contribution in [3.63, 3.8) is 0 Å². The zero-order valence-corrected chi connectivity index (χ0v) is 13.7. The first kappa shape index (κ1) is 15.9. The van der Waals surface area contributed by atoms with Gasteiger partial charge in [0.25, 0.3) is 5.91 Å². The van der Waals surface area contributed by atoms with E-state index in [-0.39, 0.29) is 18.6 Å². The minimum absolute atomic E-state index is 0.0330. The Kier molecular flexibility index (Phi) is 4.70. The molecule has 1 amide bonds. The van der Waals surface area contributed by atoms with Crippen LogP contribution in [0, 0.1) is 0 Å². The van der Waals surface area contributed by atoms with Gasteiger partial charge in [0.1, 0.15) is 6.33 Å². The summed E-state index contributed by atoms with van der Waals surface area (Å²) >= 11 is 0. The maximum Gasteiger partial charge on any atom is 0.265 e. The smallest absolute Gasteiger partial charge is 0.265 e. The van der Waals surface area contributed by atoms with Crippen LogP contribution in [0.25, 0.3) is 10.9 Å². The van der Waals surface area contributed by atoms with Gasteiger partial charge in [-0.3, -0.25) is 4.79 Å². The summed E-state index contributed by atoms with van der Waals surface area (Å²) < 4.78 is 5.69. The zero-order chi connectivity index (χ0) is 16.9. The molecule has 0 bridgehead atoms. The molecule has 0 aliphatic carbocycles. The van der Waals surface area contributed by atoms with Gasteiger partial charge in [-0.25, -0.2) is 9.97 Å². The third-order valence-corrected chi connectivity index (χ3v) is 3.66. The minimum atomic E-state index is -0.112. The number of benzene rings is 2. The van der Waals surface area contributed by atoms with Crippen molar-refractivity contribution in [2.45, 2.75) is 19.9 Å². The number of carbonyl (C=O) groups excluding carboxylic acids is 1. The van der Waals surface area contributed by atoms with Crippen LogP contribution in [0.5, 0.6) is 5.88 Å². The highest BCUT2D eigenvalue weighted by Gasteiger charge is 2.20. The van der Waals surface area contributed by atoms with Gasteiger partial charge in [0.15, 0.2) is 6.61 Å². The highest BCUT2D eigenvalue weighted by molar-refractivity contribution is 5.95. The fourth-order valence-corrected chi connectivity index (χ4v) is 2.61. The summed E-state index contributed by atoms with van der Waals surface area (Å²) in [5.74, 6) is 0.310. The second-order valence-corrected chi connectivity index (χ2v) is 5.68. The summed E-state index contributed by atoms with van der Waals surface area (Å²) in [6, 6.07) is 17.2. The molecule has 0 saturated carbocycles. The van der Waals surface area contributed by atoms with Gasteiger partial charge in [-0.05, 0) is 38.1 Å². The Labute approximate surface area is 140 Å². The number of nitrogens with zero attached hydrogens (tertiary/aromatic N) is 3. The number of hydrogen-bond donors (Lipinski definition) is 0. The first-order chi connectivity index (χ1) is 11.7. The minimum Gasteiger partial charge on any atom is -0.467 e. The molecule has 0 aliphatic heterocycles. The molecular weight excluding hydrogens is 302 g/mol. The molecule has 0 N–H and O–H groups in total. The molecule has 3 aromatic rings. The Bertz CT molecular complexity index is 829. The van der Waals surface area contributed by atoms with Crippen LogP contribution in [0.1, 0.15) is 13.8 Å². The van der Waals surface area contributed by atoms with Gasteiger partial charge >= 0.3 is 0 Å². The van der Waals surface area contributed by atoms with Gasteiger partial charge in [0.2, 0.25) is 5.88 Å². The van der Waals surface area contributed by atoms with E-state index in [4.69, 9.17) is 4.74 Å². The molecule has 1 heterocycles. The Balaban J connectivity index is 1.78. The topological polar surface area (TPSA) is 55.3 Å². The van der Waals surface area contributed by atoms with E-state index in [1.54, 1.807) is 4.90 Å². The maximum absolute atomic E-state index is 12.7. The summed E-state index contributed by atoms with van der Waals surface area (Å²) in [7, 11) is 0. The van der Waals surface area contributed by atoms with Crippen LogP contribution in [0.3, 0.4) is 0 Å². The molecule has 2 aromatic carbocycles. The summed E-state index contributed by atoms with van der Waals surface area (Å²) in [6.45, 7) is 3.88. The van der Waals surface area contributed by atoms with Crippen LogP contribution in [0.15, 0.2) is 60.9 Å². The van der Waals surface area contributed by atoms with Crippen molar-refractivity contribution in [3.05, 3.63) is 60.9 Å². The number of rotatable bonds is 5. The molecule has 0 atom stereocenters. The predicted molar refractivity (Wildman–Crippen MR) is 94.1 cm³/mol. The van der Waals surface area contributed by atoms with Crippen molar-refractivity contribution in [3.8, 4) is 5.88 Å². The van der Waals surface area contributed by atoms with Gasteiger partial charge in [-0.1, -0.05) is 30.3 Å². The number of ether oxygens (including phenoxy) is 1. The van der Waals surface area contributed by atoms with E-state index in [9.17, 15) is 4.79 Å². The lowest BCUT2D eigenvalue weighted by atomic mass is 10.2. The number of para-hydroxylation sites is 2. The molecule has 5 nitrogen and oxygen atoms in total. The van der Waals surface area contributed by atoms with Gasteiger partial charge in [-0.15, -0.1) is 0 Å². The van der Waals surface area contributed by atoms with Crippen molar-refractivity contribution >= 4 is 22.5 Å². The summed E-state index contributed by atoms with van der Waals surface area (Å²) in [5, 5.41) is 0.795. The molecule has 1 aromatic heterocycles. The van der Waals surface area contributed by atoms with E-state index in [1.807, 2.05) is 68.4 Å². The van der Waals surface area contributed by atoms with E-state index in [0.717, 1.165) is 16.6 Å². The van der Waals surface area contributed by atoms with Crippen molar-refractivity contribution < 1.29 is 9.53 Å². The quantitative estimate of drug-likeness (QED) is 0.722. The molecule has 0 spiro atoms. The van der Waals surface area contributed by atoms with Crippen LogP contribution < -0.4 is 9.64 Å². The van der Waals surface area contributed by atoms with Crippen LogP contribution in [-0.4, -0.2) is 28.5 Å². The first-order valence-electron chi connectivity index (χ1n) is 7.86. The second-order valence-electron chi connectivity index (χ2n) is 5.68. The second kappa shape index (κ2) is 7.08. The average Bonchev–Trinajstić information content (AvgIpc) is 2.60. The predicted octanol–water partition coefficient (Wildman–Crippen LogP) is 3.45. The Morgan fingerprint density at radius 2 is 1.75 bits per heavy atom. The Morgan fingerprint density at radius 1 is 1.04 bits per heavy atom. The van der Waals surface area contributed by atoms with Crippen LogP contribution in [-0.2, 0) is 4.79 Å². The molecule has 122 valence electrons. The normalized spacial score (nSPS) is 10.8. The van der Waals surface area contributed by atoms with Crippen LogP contribution in [0.2, 0.25) is 0 Å². The lowest BCUT2D eigenvalue weighted by Crippen LogP contribution is -2.40. The van der Waals surface area contributed by atoms with Gasteiger partial charge in [0.05, 0.1) is 10.9 Å². The van der Waals surface area contributed by atoms with E-state index in [1.165, 1.54) is 6.33 Å². The molecule has 0 radical (unpaired) electrons. The number of fused-ring (bicyclic) bond motifs is 1.